The summed E-state index contributed by atoms with van der Waals surface area (Å²) >= 11 is 0. The molecule has 0 aromatic heterocycles. The van der Waals surface area contributed by atoms with E-state index in [0.717, 1.165) is 27.8 Å². The molecule has 3 saturated heterocycles. The van der Waals surface area contributed by atoms with E-state index in [-0.39, 0.29) is 67.5 Å². The summed E-state index contributed by atoms with van der Waals surface area (Å²) in [6, 6.07) is 87.4. The Bertz CT molecular complexity index is 4430. The van der Waals surface area contributed by atoms with Crippen LogP contribution in [0.15, 0.2) is 303 Å². The number of hydrogen-bond donors (Lipinski definition) is 1. The van der Waals surface area contributed by atoms with Gasteiger partial charge in [-0.25, -0.2) is 24.0 Å². The van der Waals surface area contributed by atoms with Gasteiger partial charge in [0, 0.05) is 0 Å². The molecule has 21 heteroatoms. The Kier molecular flexibility index (Phi) is 27.1. The highest BCUT2D eigenvalue weighted by Gasteiger charge is 2.59. The van der Waals surface area contributed by atoms with Crippen LogP contribution in [0.4, 0.5) is 0 Å². The Morgan fingerprint density at radius 1 is 0.257 bits per heavy atom. The monoisotopic (exact) mass is 1470 g/mol. The van der Waals surface area contributed by atoms with Gasteiger partial charge in [-0.1, -0.05) is 243 Å². The largest absolute Gasteiger partial charge is 0.459 e. The average Bonchev–Trinajstić information content (AvgIpc) is 0.754. The number of esters is 5. The van der Waals surface area contributed by atoms with Crippen molar-refractivity contribution in [2.24, 2.45) is 0 Å². The van der Waals surface area contributed by atoms with Crippen LogP contribution in [0.3, 0.4) is 0 Å². The Hall–Kier alpha value is -10.9. The van der Waals surface area contributed by atoms with Crippen molar-refractivity contribution in [2.75, 3.05) is 19.8 Å². The predicted octanol–water partition coefficient (Wildman–Crippen LogP) is 12.9. The number of aliphatic hydroxyl groups excluding tert-OH is 1. The number of rotatable bonds is 32. The first kappa shape index (κ1) is 76.3. The van der Waals surface area contributed by atoms with Gasteiger partial charge in [0.1, 0.15) is 55.4 Å². The van der Waals surface area contributed by atoms with Crippen LogP contribution < -0.4 is 0 Å². The highest BCUT2D eigenvalue weighted by atomic mass is 16.8. The van der Waals surface area contributed by atoms with E-state index < -0.39 is 135 Å². The highest BCUT2D eigenvalue weighted by Crippen LogP contribution is 2.40. The fourth-order valence-corrected chi connectivity index (χ4v) is 12.9. The van der Waals surface area contributed by atoms with Crippen molar-refractivity contribution >= 4 is 29.8 Å². The third-order valence-corrected chi connectivity index (χ3v) is 18.4. The second kappa shape index (κ2) is 38.8. The third-order valence-electron chi connectivity index (χ3n) is 18.4. The van der Waals surface area contributed by atoms with Crippen LogP contribution in [0.5, 0.6) is 0 Å². The summed E-state index contributed by atoms with van der Waals surface area (Å²) in [5.74, 6) is -4.71. The standard InChI is InChI=1S/C88H82O21/c89-81(64-41-21-6-22-42-64)100-58-71-74(76(104-82(90)65-43-23-7-24-44-65)78(86(94)101-71)106-84(92)67-47-27-9-28-48-67)109-88-80(107-85(93)68-49-29-10-30-50-68)77(105-83(91)66-45-25-8-26-46-66)73(70(103-88)57-96-52-60-33-13-2-14-34-60)108-87-79(99-55-63-39-19-5-20-40-63)75(98-54-62-37-17-4-18-38-62)72(97-53-61-35-15-3-16-36-61)69(102-87)56-95-51-59-31-11-1-12-32-59/h1-50,69-80,86-88,94H,51-58H2/t69-,70-,71-,72+,73+,74+,75+,76+,77+,78-,79-,80-,86-,87-,88-/m1/s1. The van der Waals surface area contributed by atoms with Gasteiger partial charge in [0.25, 0.3) is 0 Å². The summed E-state index contributed by atoms with van der Waals surface area (Å²) in [5, 5.41) is 12.3. The zero-order valence-electron chi connectivity index (χ0n) is 59.3. The summed E-state index contributed by atoms with van der Waals surface area (Å²) in [6.45, 7) is -0.992. The maximum absolute atomic E-state index is 15.5. The fraction of sp³-hybridized carbons (Fsp3) is 0.261. The molecule has 3 aliphatic heterocycles. The fourth-order valence-electron chi connectivity index (χ4n) is 12.9. The zero-order chi connectivity index (χ0) is 74.9. The van der Waals surface area contributed by atoms with E-state index in [4.69, 9.17) is 71.1 Å². The summed E-state index contributed by atoms with van der Waals surface area (Å²) < 4.78 is 103. The molecule has 109 heavy (non-hydrogen) atoms. The lowest BCUT2D eigenvalue weighted by Crippen LogP contribution is -2.68. The second-order valence-corrected chi connectivity index (χ2v) is 26.0. The molecule has 0 unspecified atom stereocenters. The van der Waals surface area contributed by atoms with Crippen LogP contribution in [0.25, 0.3) is 0 Å². The highest BCUT2D eigenvalue weighted by molar-refractivity contribution is 5.92. The normalized spacial score (nSPS) is 23.8. The SMILES string of the molecule is O=C(OC[C@H]1O[C@@H](O)[C@H](OC(=O)c2ccccc2)[C@@H](OC(=O)c2ccccc2)[C@H]1O[C@H]1O[C@H](COCc2ccccc2)[C@H](O[C@H]2O[C@H](COCc3ccccc3)[C@H](OCc3ccccc3)[C@H](OCc3ccccc3)[C@H]2OCc2ccccc2)[C@H](OC(=O)c2ccccc2)[C@H]1OC(=O)c1ccccc1)c1ccccc1. The molecule has 21 nitrogen and oxygen atoms in total. The Balaban J connectivity index is 0.966. The maximum atomic E-state index is 15.5. The Labute approximate surface area is 630 Å². The van der Waals surface area contributed by atoms with E-state index in [9.17, 15) is 19.5 Å². The minimum atomic E-state index is -2.12. The Morgan fingerprint density at radius 2 is 0.523 bits per heavy atom. The zero-order valence-corrected chi connectivity index (χ0v) is 59.3. The molecule has 10 aromatic rings. The van der Waals surface area contributed by atoms with Crippen molar-refractivity contribution < 1.29 is 100 Å². The lowest BCUT2D eigenvalue weighted by Gasteiger charge is -2.51. The number of ether oxygens (including phenoxy) is 15. The molecule has 0 amide bonds. The molecule has 1 N–H and O–H groups in total. The molecule has 0 spiro atoms. The van der Waals surface area contributed by atoms with Gasteiger partial charge in [-0.3, -0.25) is 0 Å². The molecule has 3 fully saturated rings. The van der Waals surface area contributed by atoms with Crippen LogP contribution in [-0.4, -0.2) is 147 Å². The first-order valence-electron chi connectivity index (χ1n) is 36.0. The Morgan fingerprint density at radius 3 is 0.890 bits per heavy atom. The first-order valence-corrected chi connectivity index (χ1v) is 36.0. The average molecular weight is 1480 g/mol. The molecule has 0 aliphatic carbocycles. The smallest absolute Gasteiger partial charge is 0.338 e. The van der Waals surface area contributed by atoms with Crippen molar-refractivity contribution in [1.82, 2.24) is 0 Å². The van der Waals surface area contributed by atoms with Gasteiger partial charge in [-0.15, -0.1) is 0 Å². The molecule has 10 aromatic carbocycles. The topological polar surface area (TPSA) is 244 Å². The van der Waals surface area contributed by atoms with Crippen molar-refractivity contribution in [3.63, 3.8) is 0 Å². The molecule has 3 heterocycles. The summed E-state index contributed by atoms with van der Waals surface area (Å²) in [6.07, 6.45) is -24.5. The van der Waals surface area contributed by atoms with Gasteiger partial charge in [0.05, 0.1) is 74.1 Å². The van der Waals surface area contributed by atoms with Crippen LogP contribution in [0.1, 0.15) is 79.6 Å². The molecular weight excluding hydrogens is 1390 g/mol. The number of aliphatic hydroxyl groups is 1. The number of carbonyl (C=O) groups is 5. The minimum absolute atomic E-state index is 0.0194. The van der Waals surface area contributed by atoms with E-state index in [0.29, 0.717) is 0 Å². The molecule has 0 radical (unpaired) electrons. The van der Waals surface area contributed by atoms with Gasteiger partial charge < -0.3 is 76.2 Å². The summed E-state index contributed by atoms with van der Waals surface area (Å²) in [4.78, 5) is 74.0. The lowest BCUT2D eigenvalue weighted by molar-refractivity contribution is -0.382. The van der Waals surface area contributed by atoms with Crippen LogP contribution in [-0.2, 0) is 104 Å². The van der Waals surface area contributed by atoms with Crippen LogP contribution in [0, 0.1) is 0 Å². The predicted molar refractivity (Wildman–Crippen MR) is 395 cm³/mol. The quantitative estimate of drug-likeness (QED) is 0.0304. The van der Waals surface area contributed by atoms with Crippen LogP contribution in [0.2, 0.25) is 0 Å². The van der Waals surface area contributed by atoms with Crippen molar-refractivity contribution in [3.05, 3.63) is 359 Å². The second-order valence-electron chi connectivity index (χ2n) is 26.0. The van der Waals surface area contributed by atoms with Gasteiger partial charge >= 0.3 is 29.8 Å². The van der Waals surface area contributed by atoms with E-state index in [1.165, 1.54) is 60.7 Å². The minimum Gasteiger partial charge on any atom is -0.459 e. The van der Waals surface area contributed by atoms with Gasteiger partial charge in [-0.05, 0) is 88.5 Å². The number of carbonyl (C=O) groups excluding carboxylic acids is 5. The molecular formula is C88H82O21. The molecule has 13 rings (SSSR count). The summed E-state index contributed by atoms with van der Waals surface area (Å²) in [5.41, 5.74) is 4.35. The number of hydrogen-bond acceptors (Lipinski definition) is 21. The van der Waals surface area contributed by atoms with Crippen molar-refractivity contribution in [2.45, 2.75) is 125 Å². The van der Waals surface area contributed by atoms with Crippen molar-refractivity contribution in [3.8, 4) is 0 Å². The van der Waals surface area contributed by atoms with E-state index in [2.05, 4.69) is 0 Å². The summed E-state index contributed by atoms with van der Waals surface area (Å²) in [7, 11) is 0. The number of benzene rings is 10. The lowest BCUT2D eigenvalue weighted by atomic mass is 9.94. The van der Waals surface area contributed by atoms with E-state index >= 15 is 9.59 Å². The van der Waals surface area contributed by atoms with Crippen molar-refractivity contribution in [1.29, 1.82) is 0 Å². The van der Waals surface area contributed by atoms with Gasteiger partial charge in [-0.2, -0.15) is 0 Å². The molecule has 560 valence electrons. The van der Waals surface area contributed by atoms with Gasteiger partial charge in [0.2, 0.25) is 0 Å². The van der Waals surface area contributed by atoms with E-state index in [1.54, 1.807) is 91.0 Å². The maximum Gasteiger partial charge on any atom is 0.338 e. The van der Waals surface area contributed by atoms with Crippen LogP contribution >= 0.6 is 0 Å². The molecule has 15 atom stereocenters. The molecule has 0 bridgehead atoms. The molecule has 0 saturated carbocycles. The van der Waals surface area contributed by atoms with Gasteiger partial charge in [0.15, 0.2) is 43.3 Å². The first-order chi connectivity index (χ1) is 53.5. The molecule has 3 aliphatic rings. The third kappa shape index (κ3) is 20.9. The van der Waals surface area contributed by atoms with E-state index in [1.807, 2.05) is 152 Å².